The Hall–Kier alpha value is -3.31. The molecule has 0 saturated carbocycles. The molecule has 9 nitrogen and oxygen atoms in total. The number of carbonyl (C=O) groups excluding carboxylic acids is 1. The van der Waals surface area contributed by atoms with Crippen LogP contribution in [0.3, 0.4) is 0 Å². The normalized spacial score (nSPS) is 11.5. The van der Waals surface area contributed by atoms with Gasteiger partial charge in [-0.05, 0) is 54.1 Å². The van der Waals surface area contributed by atoms with Gasteiger partial charge in [0.25, 0.3) is 5.91 Å². The van der Waals surface area contributed by atoms with Gasteiger partial charge in [-0.15, -0.1) is 0 Å². The number of nitrogens with one attached hydrogen (secondary N) is 1. The molecule has 12 heteroatoms. The lowest BCUT2D eigenvalue weighted by Crippen LogP contribution is -2.39. The lowest BCUT2D eigenvalue weighted by Gasteiger charge is -2.21. The van der Waals surface area contributed by atoms with Crippen LogP contribution in [0.1, 0.15) is 11.1 Å². The van der Waals surface area contributed by atoms with Crippen LogP contribution in [-0.4, -0.2) is 52.7 Å². The van der Waals surface area contributed by atoms with Crippen molar-refractivity contribution in [2.45, 2.75) is 11.4 Å². The Labute approximate surface area is 225 Å². The molecule has 0 radical (unpaired) electrons. The number of nitrogens with zero attached hydrogens (tertiary/aromatic N) is 2. The van der Waals surface area contributed by atoms with Crippen molar-refractivity contribution >= 4 is 45.3 Å². The van der Waals surface area contributed by atoms with Gasteiger partial charge >= 0.3 is 0 Å². The monoisotopic (exact) mass is 565 g/mol. The Kier molecular flexibility index (Phi) is 9.76. The van der Waals surface area contributed by atoms with Crippen molar-refractivity contribution in [3.8, 4) is 17.2 Å². The van der Waals surface area contributed by atoms with E-state index in [-0.39, 0.29) is 11.4 Å². The maximum atomic E-state index is 13.3. The molecule has 3 aromatic carbocycles. The third-order valence-corrected chi connectivity index (χ3v) is 7.44. The second-order valence-electron chi connectivity index (χ2n) is 7.61. The van der Waals surface area contributed by atoms with Crippen LogP contribution in [0.5, 0.6) is 17.2 Å². The molecule has 0 aromatic heterocycles. The lowest BCUT2D eigenvalue weighted by atomic mass is 10.2. The SMILES string of the molecule is COc1cc(/C=N\NC(=O)CN(Cc2ccc(Cl)cc2)S(=O)(=O)c2ccc(Cl)cc2)cc(OC)c1OC. The number of amides is 1. The highest BCUT2D eigenvalue weighted by Crippen LogP contribution is 2.37. The molecule has 0 fully saturated rings. The molecule has 3 aromatic rings. The quantitative estimate of drug-likeness (QED) is 0.273. The Morgan fingerprint density at radius 1 is 0.919 bits per heavy atom. The molecule has 0 aliphatic rings. The third kappa shape index (κ3) is 7.36. The highest BCUT2D eigenvalue weighted by Gasteiger charge is 2.27. The van der Waals surface area contributed by atoms with Crippen LogP contribution in [0.15, 0.2) is 70.7 Å². The molecule has 0 spiro atoms. The molecule has 3 rings (SSSR count). The third-order valence-electron chi connectivity index (χ3n) is 5.13. The summed E-state index contributed by atoms with van der Waals surface area (Å²) in [6.45, 7) is -0.549. The standard InChI is InChI=1S/C25H25Cl2N3O6S/c1-34-22-12-18(13-23(35-2)25(22)36-3)14-28-29-24(31)16-30(15-17-4-6-19(26)7-5-17)37(32,33)21-10-8-20(27)9-11-21/h4-14H,15-16H2,1-3H3,(H,29,31)/b28-14-. The molecule has 37 heavy (non-hydrogen) atoms. The van der Waals surface area contributed by atoms with E-state index in [2.05, 4.69) is 10.5 Å². The topological polar surface area (TPSA) is 107 Å². The van der Waals surface area contributed by atoms with Crippen molar-refractivity contribution in [1.29, 1.82) is 0 Å². The zero-order valence-corrected chi connectivity index (χ0v) is 22.6. The Morgan fingerprint density at radius 3 is 1.97 bits per heavy atom. The zero-order chi connectivity index (χ0) is 27.0. The average Bonchev–Trinajstić information content (AvgIpc) is 2.89. The summed E-state index contributed by atoms with van der Waals surface area (Å²) in [4.78, 5) is 12.7. The van der Waals surface area contributed by atoms with Gasteiger partial charge in [0, 0.05) is 22.2 Å². The lowest BCUT2D eigenvalue weighted by molar-refractivity contribution is -0.121. The van der Waals surface area contributed by atoms with Gasteiger partial charge in [0.2, 0.25) is 15.8 Å². The average molecular weight is 566 g/mol. The number of sulfonamides is 1. The minimum atomic E-state index is -4.04. The number of hydrogen-bond acceptors (Lipinski definition) is 7. The fraction of sp³-hybridized carbons (Fsp3) is 0.200. The molecule has 0 heterocycles. The van der Waals surface area contributed by atoms with Gasteiger partial charge in [0.15, 0.2) is 11.5 Å². The molecule has 1 amide bonds. The Balaban J connectivity index is 1.80. The largest absolute Gasteiger partial charge is 0.493 e. The van der Waals surface area contributed by atoms with Gasteiger partial charge in [-0.1, -0.05) is 35.3 Å². The molecule has 0 bridgehead atoms. The molecular weight excluding hydrogens is 541 g/mol. The number of hydrogen-bond donors (Lipinski definition) is 1. The molecule has 1 N–H and O–H groups in total. The summed E-state index contributed by atoms with van der Waals surface area (Å²) in [7, 11) is 0.411. The molecule has 196 valence electrons. The smallest absolute Gasteiger partial charge is 0.255 e. The van der Waals surface area contributed by atoms with Crippen LogP contribution in [0, 0.1) is 0 Å². The van der Waals surface area contributed by atoms with Crippen LogP contribution in [0.2, 0.25) is 10.0 Å². The van der Waals surface area contributed by atoms with Crippen molar-refractivity contribution < 1.29 is 27.4 Å². The molecular formula is C25H25Cl2N3O6S. The first kappa shape index (κ1) is 28.3. The first-order chi connectivity index (χ1) is 17.7. The van der Waals surface area contributed by atoms with Gasteiger partial charge in [-0.25, -0.2) is 13.8 Å². The Morgan fingerprint density at radius 2 is 1.46 bits per heavy atom. The fourth-order valence-electron chi connectivity index (χ4n) is 3.33. The predicted octanol–water partition coefficient (Wildman–Crippen LogP) is 4.36. The molecule has 0 atom stereocenters. The molecule has 0 aliphatic heterocycles. The maximum absolute atomic E-state index is 13.3. The van der Waals surface area contributed by atoms with Crippen molar-refractivity contribution in [3.63, 3.8) is 0 Å². The number of hydrazone groups is 1. The summed E-state index contributed by atoms with van der Waals surface area (Å²) in [6.07, 6.45) is 1.37. The van der Waals surface area contributed by atoms with E-state index in [0.717, 1.165) is 4.31 Å². The molecule has 0 aliphatic carbocycles. The van der Waals surface area contributed by atoms with Crippen LogP contribution < -0.4 is 19.6 Å². The number of ether oxygens (including phenoxy) is 3. The summed E-state index contributed by atoms with van der Waals surface area (Å²) in [5.74, 6) is 0.599. The fourth-order valence-corrected chi connectivity index (χ4v) is 4.96. The minimum Gasteiger partial charge on any atom is -0.493 e. The van der Waals surface area contributed by atoms with Gasteiger partial charge in [0.1, 0.15) is 0 Å². The van der Waals surface area contributed by atoms with Crippen LogP contribution in [-0.2, 0) is 21.4 Å². The number of methoxy groups -OCH3 is 3. The van der Waals surface area contributed by atoms with E-state index in [1.54, 1.807) is 36.4 Å². The number of halogens is 2. The number of benzene rings is 3. The highest BCUT2D eigenvalue weighted by molar-refractivity contribution is 7.89. The summed E-state index contributed by atoms with van der Waals surface area (Å²) in [6, 6.07) is 15.7. The van der Waals surface area contributed by atoms with Crippen LogP contribution in [0.4, 0.5) is 0 Å². The summed E-state index contributed by atoms with van der Waals surface area (Å²) >= 11 is 11.9. The Bertz CT molecular complexity index is 1340. The maximum Gasteiger partial charge on any atom is 0.255 e. The van der Waals surface area contributed by atoms with E-state index < -0.39 is 22.5 Å². The number of rotatable bonds is 11. The first-order valence-electron chi connectivity index (χ1n) is 10.8. The summed E-state index contributed by atoms with van der Waals surface area (Å²) < 4.78 is 43.6. The van der Waals surface area contributed by atoms with Gasteiger partial charge < -0.3 is 14.2 Å². The predicted molar refractivity (Wildman–Crippen MR) is 142 cm³/mol. The van der Waals surface area contributed by atoms with E-state index in [1.165, 1.54) is 51.8 Å². The van der Waals surface area contributed by atoms with E-state index in [0.29, 0.717) is 38.4 Å². The van der Waals surface area contributed by atoms with Crippen LogP contribution in [0.25, 0.3) is 0 Å². The van der Waals surface area contributed by atoms with Crippen molar-refractivity contribution in [2.24, 2.45) is 5.10 Å². The van der Waals surface area contributed by atoms with E-state index >= 15 is 0 Å². The van der Waals surface area contributed by atoms with E-state index in [9.17, 15) is 13.2 Å². The number of carbonyl (C=O) groups is 1. The van der Waals surface area contributed by atoms with Crippen molar-refractivity contribution in [1.82, 2.24) is 9.73 Å². The van der Waals surface area contributed by atoms with Crippen molar-refractivity contribution in [3.05, 3.63) is 81.8 Å². The summed E-state index contributed by atoms with van der Waals surface area (Å²) in [5.41, 5.74) is 3.57. The minimum absolute atomic E-state index is 0.000382. The molecule has 0 saturated heterocycles. The van der Waals surface area contributed by atoms with E-state index in [4.69, 9.17) is 37.4 Å². The second-order valence-corrected chi connectivity index (χ2v) is 10.4. The second kappa shape index (κ2) is 12.8. The molecule has 0 unspecified atom stereocenters. The zero-order valence-electron chi connectivity index (χ0n) is 20.3. The van der Waals surface area contributed by atoms with Gasteiger partial charge in [-0.2, -0.15) is 9.41 Å². The highest BCUT2D eigenvalue weighted by atomic mass is 35.5. The van der Waals surface area contributed by atoms with Gasteiger partial charge in [0.05, 0.1) is 39.0 Å². The summed E-state index contributed by atoms with van der Waals surface area (Å²) in [5, 5.41) is 4.85. The van der Waals surface area contributed by atoms with Crippen LogP contribution >= 0.6 is 23.2 Å². The van der Waals surface area contributed by atoms with Gasteiger partial charge in [-0.3, -0.25) is 4.79 Å². The van der Waals surface area contributed by atoms with E-state index in [1.807, 2.05) is 0 Å². The van der Waals surface area contributed by atoms with Crippen molar-refractivity contribution in [2.75, 3.05) is 27.9 Å². The first-order valence-corrected chi connectivity index (χ1v) is 13.0.